The van der Waals surface area contributed by atoms with Crippen LogP contribution >= 0.6 is 0 Å². The lowest BCUT2D eigenvalue weighted by atomic mass is 9.88. The van der Waals surface area contributed by atoms with E-state index in [2.05, 4.69) is 12.1 Å². The first-order valence-corrected chi connectivity index (χ1v) is 10.7. The van der Waals surface area contributed by atoms with Gasteiger partial charge in [0.2, 0.25) is 0 Å². The number of rotatable bonds is 8. The quantitative estimate of drug-likeness (QED) is 0.327. The molecule has 0 aliphatic heterocycles. The highest BCUT2D eigenvalue weighted by Gasteiger charge is 2.14. The van der Waals surface area contributed by atoms with Crippen LogP contribution in [0.1, 0.15) is 28.7 Å². The molecule has 4 aromatic carbocycles. The molecule has 0 atom stereocenters. The van der Waals surface area contributed by atoms with Crippen molar-refractivity contribution in [2.45, 2.75) is 13.0 Å². The maximum absolute atomic E-state index is 9.81. The minimum Gasteiger partial charge on any atom is -0.508 e. The highest BCUT2D eigenvalue weighted by molar-refractivity contribution is 5.98. The fourth-order valence-corrected chi connectivity index (χ4v) is 3.77. The van der Waals surface area contributed by atoms with Crippen LogP contribution in [0.15, 0.2) is 109 Å². The van der Waals surface area contributed by atoms with E-state index < -0.39 is 0 Å². The summed E-state index contributed by atoms with van der Waals surface area (Å²) in [5, 5.41) is 19.6. The van der Waals surface area contributed by atoms with Gasteiger partial charge in [-0.2, -0.15) is 0 Å². The van der Waals surface area contributed by atoms with Gasteiger partial charge in [0.05, 0.1) is 0 Å². The molecular weight excluding hydrogens is 396 g/mol. The summed E-state index contributed by atoms with van der Waals surface area (Å²) in [5.41, 5.74) is 6.27. The lowest BCUT2D eigenvalue weighted by Gasteiger charge is -2.17. The number of phenolic OH excluding ortho intramolecular Hbond substituents is 1. The van der Waals surface area contributed by atoms with Crippen molar-refractivity contribution in [1.82, 2.24) is 0 Å². The standard InChI is InChI=1S/C29H26O3/c30-20-19-28(23-9-5-2-6-10-23)29(24-11-15-26(31)16-12-24)25-13-17-27(18-14-25)32-21-22-7-3-1-4-8-22/h1-18,30-31H,19-21H2. The van der Waals surface area contributed by atoms with Crippen LogP contribution in [0, 0.1) is 0 Å². The van der Waals surface area contributed by atoms with E-state index in [9.17, 15) is 10.2 Å². The largest absolute Gasteiger partial charge is 0.508 e. The zero-order chi connectivity index (χ0) is 22.2. The van der Waals surface area contributed by atoms with Crippen LogP contribution < -0.4 is 4.74 Å². The Bertz CT molecular complexity index is 1150. The second kappa shape index (κ2) is 10.5. The number of benzene rings is 4. The summed E-state index contributed by atoms with van der Waals surface area (Å²) in [5.74, 6) is 1.02. The van der Waals surface area contributed by atoms with Gasteiger partial charge in [-0.15, -0.1) is 0 Å². The van der Waals surface area contributed by atoms with Crippen molar-refractivity contribution in [3.05, 3.63) is 131 Å². The maximum Gasteiger partial charge on any atom is 0.119 e. The molecule has 0 fully saturated rings. The Morgan fingerprint density at radius 2 is 1.19 bits per heavy atom. The van der Waals surface area contributed by atoms with Crippen molar-refractivity contribution in [2.24, 2.45) is 0 Å². The number of hydrogen-bond acceptors (Lipinski definition) is 3. The summed E-state index contributed by atoms with van der Waals surface area (Å²) in [4.78, 5) is 0. The number of hydrogen-bond donors (Lipinski definition) is 2. The molecule has 160 valence electrons. The Kier molecular flexibility index (Phi) is 7.01. The Hall–Kier alpha value is -3.82. The molecular formula is C29H26O3. The van der Waals surface area contributed by atoms with Crippen molar-refractivity contribution in [3.63, 3.8) is 0 Å². The zero-order valence-corrected chi connectivity index (χ0v) is 17.8. The summed E-state index contributed by atoms with van der Waals surface area (Å²) in [6.45, 7) is 0.560. The zero-order valence-electron chi connectivity index (χ0n) is 17.8. The Balaban J connectivity index is 1.72. The molecule has 0 heterocycles. The SMILES string of the molecule is OCCC(=C(c1ccc(O)cc1)c1ccc(OCc2ccccc2)cc1)c1ccccc1. The number of aliphatic hydroxyl groups excluding tert-OH is 1. The van der Waals surface area contributed by atoms with Crippen LogP contribution in [0.25, 0.3) is 11.1 Å². The van der Waals surface area contributed by atoms with Crippen molar-refractivity contribution >= 4 is 11.1 Å². The van der Waals surface area contributed by atoms with Gasteiger partial charge < -0.3 is 14.9 Å². The van der Waals surface area contributed by atoms with Crippen LogP contribution in [-0.2, 0) is 6.61 Å². The lowest BCUT2D eigenvalue weighted by Crippen LogP contribution is -1.99. The fraction of sp³-hybridized carbons (Fsp3) is 0.103. The number of aliphatic hydroxyl groups is 1. The third kappa shape index (κ3) is 5.26. The third-order valence-electron chi connectivity index (χ3n) is 5.33. The van der Waals surface area contributed by atoms with Gasteiger partial charge in [-0.25, -0.2) is 0 Å². The van der Waals surface area contributed by atoms with Crippen LogP contribution in [0.2, 0.25) is 0 Å². The first kappa shape index (κ1) is 21.4. The molecule has 0 spiro atoms. The summed E-state index contributed by atoms with van der Waals surface area (Å²) < 4.78 is 5.95. The van der Waals surface area contributed by atoms with Crippen LogP contribution in [0.5, 0.6) is 11.5 Å². The maximum atomic E-state index is 9.81. The highest BCUT2D eigenvalue weighted by atomic mass is 16.5. The lowest BCUT2D eigenvalue weighted by molar-refractivity contribution is 0.305. The molecule has 4 rings (SSSR count). The normalized spacial score (nSPS) is 11.7. The van der Waals surface area contributed by atoms with Gasteiger partial charge in [0.1, 0.15) is 18.1 Å². The van der Waals surface area contributed by atoms with Gasteiger partial charge in [0.25, 0.3) is 0 Å². The van der Waals surface area contributed by atoms with Crippen LogP contribution in [0.4, 0.5) is 0 Å². The van der Waals surface area contributed by atoms with Crippen LogP contribution in [-0.4, -0.2) is 16.8 Å². The fourth-order valence-electron chi connectivity index (χ4n) is 3.77. The summed E-state index contributed by atoms with van der Waals surface area (Å²) in [6.07, 6.45) is 0.520. The van der Waals surface area contributed by atoms with Gasteiger partial charge in [-0.3, -0.25) is 0 Å². The van der Waals surface area contributed by atoms with Crippen molar-refractivity contribution in [2.75, 3.05) is 6.61 Å². The van der Waals surface area contributed by atoms with E-state index in [0.717, 1.165) is 39.1 Å². The van der Waals surface area contributed by atoms with Crippen molar-refractivity contribution in [1.29, 1.82) is 0 Å². The van der Waals surface area contributed by atoms with Gasteiger partial charge >= 0.3 is 0 Å². The molecule has 3 nitrogen and oxygen atoms in total. The topological polar surface area (TPSA) is 49.7 Å². The second-order valence-electron chi connectivity index (χ2n) is 7.54. The average Bonchev–Trinajstić information content (AvgIpc) is 2.85. The predicted molar refractivity (Wildman–Crippen MR) is 129 cm³/mol. The Morgan fingerprint density at radius 3 is 1.78 bits per heavy atom. The molecule has 0 radical (unpaired) electrons. The van der Waals surface area contributed by atoms with Crippen molar-refractivity contribution < 1.29 is 14.9 Å². The molecule has 0 aliphatic rings. The molecule has 0 bridgehead atoms. The molecule has 0 amide bonds. The molecule has 4 aromatic rings. The minimum absolute atomic E-state index is 0.0457. The molecule has 2 N–H and O–H groups in total. The minimum atomic E-state index is 0.0457. The van der Waals surface area contributed by atoms with E-state index in [1.54, 1.807) is 12.1 Å². The number of phenols is 1. The number of ether oxygens (including phenoxy) is 1. The Labute approximate surface area is 188 Å². The molecule has 0 saturated carbocycles. The molecule has 32 heavy (non-hydrogen) atoms. The average molecular weight is 423 g/mol. The Morgan fingerprint density at radius 1 is 0.625 bits per heavy atom. The first-order valence-electron chi connectivity index (χ1n) is 10.7. The van der Waals surface area contributed by atoms with E-state index in [0.29, 0.717) is 13.0 Å². The third-order valence-corrected chi connectivity index (χ3v) is 5.33. The van der Waals surface area contributed by atoms with Crippen molar-refractivity contribution in [3.8, 4) is 11.5 Å². The van der Waals surface area contributed by atoms with Crippen LogP contribution in [0.3, 0.4) is 0 Å². The van der Waals surface area contributed by atoms with Gasteiger partial charge in [0.15, 0.2) is 0 Å². The number of aromatic hydroxyl groups is 1. The van der Waals surface area contributed by atoms with E-state index in [-0.39, 0.29) is 12.4 Å². The molecule has 0 unspecified atom stereocenters. The van der Waals surface area contributed by atoms with E-state index in [1.165, 1.54) is 0 Å². The predicted octanol–water partition coefficient (Wildman–Crippen LogP) is 6.31. The molecule has 3 heteroatoms. The van der Waals surface area contributed by atoms with Gasteiger partial charge in [-0.1, -0.05) is 84.9 Å². The van der Waals surface area contributed by atoms with Gasteiger partial charge in [0, 0.05) is 6.61 Å². The summed E-state index contributed by atoms with van der Waals surface area (Å²) in [6, 6.07) is 35.4. The summed E-state index contributed by atoms with van der Waals surface area (Å²) >= 11 is 0. The molecule has 0 saturated heterocycles. The second-order valence-corrected chi connectivity index (χ2v) is 7.54. The summed E-state index contributed by atoms with van der Waals surface area (Å²) in [7, 11) is 0. The van der Waals surface area contributed by atoms with E-state index in [1.807, 2.05) is 84.9 Å². The smallest absolute Gasteiger partial charge is 0.119 e. The van der Waals surface area contributed by atoms with E-state index >= 15 is 0 Å². The molecule has 0 aromatic heterocycles. The van der Waals surface area contributed by atoms with E-state index in [4.69, 9.17) is 4.74 Å². The van der Waals surface area contributed by atoms with Gasteiger partial charge in [-0.05, 0) is 64.1 Å². The first-order chi connectivity index (χ1) is 15.7. The highest BCUT2D eigenvalue weighted by Crippen LogP contribution is 2.35. The molecule has 0 aliphatic carbocycles. The monoisotopic (exact) mass is 422 g/mol.